The fraction of sp³-hybridized carbons (Fsp3) is 0.308. The molecule has 0 fully saturated rings. The van der Waals surface area contributed by atoms with Gasteiger partial charge >= 0.3 is 0 Å². The molecule has 168 valence electrons. The van der Waals surface area contributed by atoms with Crippen LogP contribution in [0.1, 0.15) is 29.2 Å². The summed E-state index contributed by atoms with van der Waals surface area (Å²) in [4.78, 5) is 27.0. The lowest BCUT2D eigenvalue weighted by Crippen LogP contribution is -2.59. The van der Waals surface area contributed by atoms with Crippen molar-refractivity contribution >= 4 is 11.8 Å². The van der Waals surface area contributed by atoms with E-state index < -0.39 is 18.0 Å². The molecule has 2 aromatic carbocycles. The predicted molar refractivity (Wildman–Crippen MR) is 127 cm³/mol. The van der Waals surface area contributed by atoms with Crippen molar-refractivity contribution < 1.29 is 9.59 Å². The third-order valence-corrected chi connectivity index (χ3v) is 5.70. The lowest BCUT2D eigenvalue weighted by atomic mass is 9.98. The van der Waals surface area contributed by atoms with E-state index in [0.29, 0.717) is 19.6 Å². The van der Waals surface area contributed by atoms with Gasteiger partial charge in [0, 0.05) is 19.6 Å². The van der Waals surface area contributed by atoms with Gasteiger partial charge in [0.2, 0.25) is 11.8 Å². The van der Waals surface area contributed by atoms with Gasteiger partial charge in [-0.15, -0.1) is 0 Å². The van der Waals surface area contributed by atoms with Crippen molar-refractivity contribution in [1.82, 2.24) is 10.2 Å². The Morgan fingerprint density at radius 3 is 2.41 bits per heavy atom. The van der Waals surface area contributed by atoms with E-state index in [2.05, 4.69) is 17.5 Å². The summed E-state index contributed by atoms with van der Waals surface area (Å²) in [6.07, 6.45) is 9.71. The summed E-state index contributed by atoms with van der Waals surface area (Å²) >= 11 is 0. The predicted octanol–water partition coefficient (Wildman–Crippen LogP) is 2.22. The Kier molecular flexibility index (Phi) is 8.36. The largest absolute Gasteiger partial charge is 0.351 e. The number of nitrogens with two attached hydrogens (primary N) is 2. The van der Waals surface area contributed by atoms with Crippen LogP contribution in [0.3, 0.4) is 0 Å². The molecule has 2 aromatic rings. The first kappa shape index (κ1) is 23.4. The van der Waals surface area contributed by atoms with Crippen LogP contribution in [0.2, 0.25) is 0 Å². The number of carbonyl (C=O) groups excluding carboxylic acids is 2. The summed E-state index contributed by atoms with van der Waals surface area (Å²) in [5.74, 6) is -0.723. The molecule has 0 aliphatic carbocycles. The highest BCUT2D eigenvalue weighted by atomic mass is 16.2. The van der Waals surface area contributed by atoms with Gasteiger partial charge in [-0.05, 0) is 42.0 Å². The second kappa shape index (κ2) is 11.4. The SMILES string of the molecule is C/C=C\C=C/Cc1ccc(CNC(=O)C(N)C(N)C(=O)N2CCc3ccccc3C2)cc1. The molecule has 6 heteroatoms. The summed E-state index contributed by atoms with van der Waals surface area (Å²) in [6, 6.07) is 13.9. The van der Waals surface area contributed by atoms with E-state index in [-0.39, 0.29) is 5.91 Å². The first-order valence-electron chi connectivity index (χ1n) is 11.0. The van der Waals surface area contributed by atoms with Gasteiger partial charge in [-0.25, -0.2) is 0 Å². The zero-order valence-electron chi connectivity index (χ0n) is 18.5. The quantitative estimate of drug-likeness (QED) is 0.557. The van der Waals surface area contributed by atoms with Gasteiger partial charge in [0.15, 0.2) is 0 Å². The maximum Gasteiger partial charge on any atom is 0.241 e. The van der Waals surface area contributed by atoms with Crippen molar-refractivity contribution in [2.45, 2.75) is 44.9 Å². The van der Waals surface area contributed by atoms with E-state index >= 15 is 0 Å². The van der Waals surface area contributed by atoms with Crippen LogP contribution in [0.4, 0.5) is 0 Å². The zero-order valence-corrected chi connectivity index (χ0v) is 18.5. The Balaban J connectivity index is 1.49. The third-order valence-electron chi connectivity index (χ3n) is 5.70. The standard InChI is InChI=1S/C26H32N4O2/c1-2-3-4-5-8-19-11-13-20(14-12-19)17-29-25(31)23(27)24(28)26(32)30-16-15-21-9-6-7-10-22(21)18-30/h2-7,9-14,23-24H,8,15-18,27-28H2,1H3,(H,29,31)/b3-2-,5-4-. The van der Waals surface area contributed by atoms with Crippen LogP contribution in [-0.4, -0.2) is 35.3 Å². The molecule has 0 spiro atoms. The Bertz CT molecular complexity index is 982. The van der Waals surface area contributed by atoms with Crippen molar-refractivity contribution in [3.8, 4) is 0 Å². The first-order valence-corrected chi connectivity index (χ1v) is 11.0. The van der Waals surface area contributed by atoms with E-state index in [1.807, 2.05) is 67.6 Å². The number of benzene rings is 2. The number of amides is 2. The molecule has 2 unspecified atom stereocenters. The molecule has 0 aromatic heterocycles. The van der Waals surface area contributed by atoms with Gasteiger partial charge in [-0.1, -0.05) is 72.8 Å². The van der Waals surface area contributed by atoms with Crippen LogP contribution in [0.25, 0.3) is 0 Å². The van der Waals surface area contributed by atoms with Gasteiger partial charge in [0.1, 0.15) is 12.1 Å². The molecule has 1 aliphatic heterocycles. The van der Waals surface area contributed by atoms with E-state index in [1.165, 1.54) is 11.1 Å². The minimum Gasteiger partial charge on any atom is -0.351 e. The topological polar surface area (TPSA) is 101 Å². The monoisotopic (exact) mass is 432 g/mol. The van der Waals surface area contributed by atoms with Gasteiger partial charge in [-0.2, -0.15) is 0 Å². The van der Waals surface area contributed by atoms with Crippen molar-refractivity contribution in [3.63, 3.8) is 0 Å². The first-order chi connectivity index (χ1) is 15.5. The Morgan fingerprint density at radius 2 is 1.69 bits per heavy atom. The van der Waals surface area contributed by atoms with E-state index in [4.69, 9.17) is 11.5 Å². The van der Waals surface area contributed by atoms with Gasteiger partial charge in [-0.3, -0.25) is 9.59 Å². The van der Waals surface area contributed by atoms with E-state index in [9.17, 15) is 9.59 Å². The van der Waals surface area contributed by atoms with E-state index in [1.54, 1.807) is 4.90 Å². The number of allylic oxidation sites excluding steroid dienone is 4. The highest BCUT2D eigenvalue weighted by molar-refractivity contribution is 5.92. The van der Waals surface area contributed by atoms with Crippen LogP contribution in [0, 0.1) is 0 Å². The number of fused-ring (bicyclic) bond motifs is 1. The molecule has 0 saturated heterocycles. The minimum atomic E-state index is -1.10. The number of nitrogens with one attached hydrogen (secondary N) is 1. The van der Waals surface area contributed by atoms with Crippen molar-refractivity contribution in [3.05, 3.63) is 95.1 Å². The smallest absolute Gasteiger partial charge is 0.241 e. The molecule has 2 amide bonds. The Labute approximate surface area is 190 Å². The lowest BCUT2D eigenvalue weighted by Gasteiger charge is -2.32. The summed E-state index contributed by atoms with van der Waals surface area (Å²) in [5.41, 5.74) is 16.6. The van der Waals surface area contributed by atoms with Gasteiger partial charge in [0.25, 0.3) is 0 Å². The van der Waals surface area contributed by atoms with Crippen LogP contribution < -0.4 is 16.8 Å². The fourth-order valence-electron chi connectivity index (χ4n) is 3.71. The number of carbonyl (C=O) groups is 2. The molecular weight excluding hydrogens is 400 g/mol. The summed E-state index contributed by atoms with van der Waals surface area (Å²) < 4.78 is 0. The molecule has 0 bridgehead atoms. The second-order valence-electron chi connectivity index (χ2n) is 8.02. The van der Waals surface area contributed by atoms with Crippen molar-refractivity contribution in [1.29, 1.82) is 0 Å². The molecule has 6 nitrogen and oxygen atoms in total. The zero-order chi connectivity index (χ0) is 22.9. The third kappa shape index (κ3) is 6.15. The molecule has 2 atom stereocenters. The average molecular weight is 433 g/mol. The maximum absolute atomic E-state index is 12.8. The van der Waals surface area contributed by atoms with Crippen LogP contribution in [0.15, 0.2) is 72.8 Å². The summed E-state index contributed by atoms with van der Waals surface area (Å²) in [7, 11) is 0. The lowest BCUT2D eigenvalue weighted by molar-refractivity contribution is -0.136. The summed E-state index contributed by atoms with van der Waals surface area (Å²) in [6.45, 7) is 3.38. The minimum absolute atomic E-state index is 0.294. The normalized spacial score (nSPS) is 15.5. The molecule has 5 N–H and O–H groups in total. The van der Waals surface area contributed by atoms with Gasteiger partial charge in [0.05, 0.1) is 0 Å². The molecule has 0 radical (unpaired) electrons. The maximum atomic E-state index is 12.8. The van der Waals surface area contributed by atoms with Crippen LogP contribution in [0.5, 0.6) is 0 Å². The van der Waals surface area contributed by atoms with Gasteiger partial charge < -0.3 is 21.7 Å². The fourth-order valence-corrected chi connectivity index (χ4v) is 3.71. The molecule has 32 heavy (non-hydrogen) atoms. The molecule has 3 rings (SSSR count). The summed E-state index contributed by atoms with van der Waals surface area (Å²) in [5, 5.41) is 2.79. The molecule has 1 aliphatic rings. The molecular formula is C26H32N4O2. The number of hydrogen-bond acceptors (Lipinski definition) is 4. The van der Waals surface area contributed by atoms with Crippen molar-refractivity contribution in [2.24, 2.45) is 11.5 Å². The number of rotatable bonds is 8. The number of hydrogen-bond donors (Lipinski definition) is 3. The Hall–Kier alpha value is -3.22. The van der Waals surface area contributed by atoms with E-state index in [0.717, 1.165) is 24.0 Å². The highest BCUT2D eigenvalue weighted by Crippen LogP contribution is 2.19. The molecule has 0 saturated carbocycles. The highest BCUT2D eigenvalue weighted by Gasteiger charge is 2.32. The van der Waals surface area contributed by atoms with Crippen LogP contribution in [-0.2, 0) is 35.5 Å². The number of nitrogens with zero attached hydrogens (tertiary/aromatic N) is 1. The Morgan fingerprint density at radius 1 is 1.00 bits per heavy atom. The van der Waals surface area contributed by atoms with Crippen molar-refractivity contribution in [2.75, 3.05) is 6.54 Å². The average Bonchev–Trinajstić information content (AvgIpc) is 2.84. The molecule has 1 heterocycles. The van der Waals surface area contributed by atoms with Crippen LogP contribution >= 0.6 is 0 Å². The second-order valence-corrected chi connectivity index (χ2v) is 8.02.